The molecule has 0 amide bonds. The number of aryl methyl sites for hydroxylation is 1. The van der Waals surface area contributed by atoms with Crippen LogP contribution in [0.4, 0.5) is 0 Å². The lowest BCUT2D eigenvalue weighted by Gasteiger charge is -2.10. The van der Waals surface area contributed by atoms with Crippen molar-refractivity contribution in [3.05, 3.63) is 54.1 Å². The summed E-state index contributed by atoms with van der Waals surface area (Å²) in [5.74, 6) is -0.105. The number of hydrogen-bond acceptors (Lipinski definition) is 4. The molecule has 4 nitrogen and oxygen atoms in total. The van der Waals surface area contributed by atoms with Crippen LogP contribution in [0.25, 0.3) is 0 Å². The van der Waals surface area contributed by atoms with Crippen LogP contribution < -0.4 is 4.18 Å². The first-order valence-corrected chi connectivity index (χ1v) is 6.69. The summed E-state index contributed by atoms with van der Waals surface area (Å²) in [6.07, 6.45) is 0. The quantitative estimate of drug-likeness (QED) is 0.865. The van der Waals surface area contributed by atoms with Gasteiger partial charge in [0.2, 0.25) is 0 Å². The van der Waals surface area contributed by atoms with E-state index < -0.39 is 10.1 Å². The van der Waals surface area contributed by atoms with Crippen molar-refractivity contribution < 1.29 is 17.7 Å². The average Bonchev–Trinajstić information content (AvgIpc) is 2.28. The Morgan fingerprint density at radius 2 is 1.67 bits per heavy atom. The van der Waals surface area contributed by atoms with Gasteiger partial charge in [-0.15, -0.1) is 0 Å². The van der Waals surface area contributed by atoms with Crippen molar-refractivity contribution in [1.82, 2.24) is 0 Å². The first kappa shape index (κ1) is 12.4. The van der Waals surface area contributed by atoms with E-state index in [9.17, 15) is 13.5 Å². The fourth-order valence-electron chi connectivity index (χ4n) is 1.61. The highest BCUT2D eigenvalue weighted by molar-refractivity contribution is 7.87. The molecular formula is C13H12O4S. The summed E-state index contributed by atoms with van der Waals surface area (Å²) in [6, 6.07) is 12.6. The van der Waals surface area contributed by atoms with Gasteiger partial charge in [-0.3, -0.25) is 0 Å². The molecule has 94 valence electrons. The van der Waals surface area contributed by atoms with E-state index in [0.29, 0.717) is 5.56 Å². The lowest BCUT2D eigenvalue weighted by molar-refractivity contribution is 0.443. The molecule has 0 spiro atoms. The molecule has 0 aliphatic heterocycles. The zero-order chi connectivity index (χ0) is 13.2. The molecule has 0 fully saturated rings. The number of rotatable bonds is 3. The van der Waals surface area contributed by atoms with E-state index in [1.165, 1.54) is 18.2 Å². The Kier molecular flexibility index (Phi) is 3.25. The molecule has 18 heavy (non-hydrogen) atoms. The third-order valence-corrected chi connectivity index (χ3v) is 3.83. The van der Waals surface area contributed by atoms with Gasteiger partial charge in [0, 0.05) is 0 Å². The molecule has 0 bridgehead atoms. The van der Waals surface area contributed by atoms with Crippen LogP contribution in [0.1, 0.15) is 5.56 Å². The number of para-hydroxylation sites is 1. The van der Waals surface area contributed by atoms with Crippen molar-refractivity contribution in [3.8, 4) is 11.5 Å². The van der Waals surface area contributed by atoms with E-state index >= 15 is 0 Å². The van der Waals surface area contributed by atoms with Crippen LogP contribution in [0.2, 0.25) is 0 Å². The molecule has 1 N–H and O–H groups in total. The summed E-state index contributed by atoms with van der Waals surface area (Å²) in [5, 5.41) is 9.65. The number of benzene rings is 2. The maximum Gasteiger partial charge on any atom is 0.343 e. The fourth-order valence-corrected chi connectivity index (χ4v) is 2.84. The molecule has 0 unspecified atom stereocenters. The van der Waals surface area contributed by atoms with Crippen LogP contribution in [0, 0.1) is 6.92 Å². The van der Waals surface area contributed by atoms with Gasteiger partial charge >= 0.3 is 10.1 Å². The Hall–Kier alpha value is -2.01. The Morgan fingerprint density at radius 3 is 2.28 bits per heavy atom. The fraction of sp³-hybridized carbons (Fsp3) is 0.0769. The molecule has 0 heterocycles. The van der Waals surface area contributed by atoms with Crippen molar-refractivity contribution in [2.45, 2.75) is 11.8 Å². The minimum atomic E-state index is -4.02. The molecule has 2 aromatic carbocycles. The van der Waals surface area contributed by atoms with Gasteiger partial charge < -0.3 is 9.29 Å². The summed E-state index contributed by atoms with van der Waals surface area (Å²) in [7, 11) is -4.02. The van der Waals surface area contributed by atoms with Crippen LogP contribution in [-0.4, -0.2) is 13.5 Å². The summed E-state index contributed by atoms with van der Waals surface area (Å²) in [4.78, 5) is -0.200. The summed E-state index contributed by atoms with van der Waals surface area (Å²) in [5.41, 5.74) is 0.436. The Labute approximate surface area is 106 Å². The zero-order valence-corrected chi connectivity index (χ0v) is 10.5. The molecule has 2 rings (SSSR count). The second-order valence-corrected chi connectivity index (χ2v) is 5.26. The van der Waals surface area contributed by atoms with Crippen LogP contribution in [0.15, 0.2) is 53.4 Å². The van der Waals surface area contributed by atoms with Gasteiger partial charge in [-0.1, -0.05) is 30.3 Å². The lowest BCUT2D eigenvalue weighted by Crippen LogP contribution is -2.11. The molecule has 0 aromatic heterocycles. The van der Waals surface area contributed by atoms with E-state index in [2.05, 4.69) is 0 Å². The summed E-state index contributed by atoms with van der Waals surface area (Å²) in [6.45, 7) is 1.60. The van der Waals surface area contributed by atoms with Crippen molar-refractivity contribution in [2.75, 3.05) is 0 Å². The lowest BCUT2D eigenvalue weighted by atomic mass is 10.2. The molecule has 5 heteroatoms. The van der Waals surface area contributed by atoms with Gasteiger partial charge in [0.15, 0.2) is 4.90 Å². The number of phenolic OH excluding ortho intramolecular Hbond substituents is 1. The van der Waals surface area contributed by atoms with Crippen LogP contribution >= 0.6 is 0 Å². The third kappa shape index (κ3) is 2.46. The summed E-state index contributed by atoms with van der Waals surface area (Å²) >= 11 is 0. The van der Waals surface area contributed by atoms with E-state index in [-0.39, 0.29) is 16.4 Å². The van der Waals surface area contributed by atoms with Gasteiger partial charge in [0.05, 0.1) is 0 Å². The second-order valence-electron chi connectivity index (χ2n) is 3.77. The molecule has 0 atom stereocenters. The number of phenols is 1. The molecular weight excluding hydrogens is 252 g/mol. The zero-order valence-electron chi connectivity index (χ0n) is 9.70. The number of hydrogen-bond donors (Lipinski definition) is 1. The predicted octanol–water partition coefficient (Wildman–Crippen LogP) is 2.47. The van der Waals surface area contributed by atoms with Crippen LogP contribution in [0.3, 0.4) is 0 Å². The highest BCUT2D eigenvalue weighted by atomic mass is 32.2. The van der Waals surface area contributed by atoms with Gasteiger partial charge in [-0.2, -0.15) is 8.42 Å². The Morgan fingerprint density at radius 1 is 1.00 bits per heavy atom. The van der Waals surface area contributed by atoms with E-state index in [0.717, 1.165) is 0 Å². The van der Waals surface area contributed by atoms with Crippen LogP contribution in [-0.2, 0) is 10.1 Å². The Balaban J connectivity index is 2.44. The smallest absolute Gasteiger partial charge is 0.343 e. The van der Waals surface area contributed by atoms with Gasteiger partial charge in [-0.25, -0.2) is 0 Å². The highest BCUT2D eigenvalue weighted by Gasteiger charge is 2.23. The van der Waals surface area contributed by atoms with E-state index in [4.69, 9.17) is 4.18 Å². The van der Waals surface area contributed by atoms with Crippen LogP contribution in [0.5, 0.6) is 11.5 Å². The molecule has 0 saturated heterocycles. The van der Waals surface area contributed by atoms with Crippen molar-refractivity contribution in [1.29, 1.82) is 0 Å². The normalized spacial score (nSPS) is 11.2. The highest BCUT2D eigenvalue weighted by Crippen LogP contribution is 2.28. The van der Waals surface area contributed by atoms with Gasteiger partial charge in [-0.05, 0) is 30.7 Å². The largest absolute Gasteiger partial charge is 0.506 e. The number of aromatic hydroxyl groups is 1. The Bertz CT molecular complexity index is 628. The van der Waals surface area contributed by atoms with Gasteiger partial charge in [0.1, 0.15) is 11.5 Å². The topological polar surface area (TPSA) is 63.6 Å². The SMILES string of the molecule is Cc1cccc(O)c1S(=O)(=O)Oc1ccccc1. The first-order chi connectivity index (χ1) is 8.50. The van der Waals surface area contributed by atoms with E-state index in [1.54, 1.807) is 37.3 Å². The predicted molar refractivity (Wildman–Crippen MR) is 67.1 cm³/mol. The monoisotopic (exact) mass is 264 g/mol. The minimum absolute atomic E-state index is 0.200. The van der Waals surface area contributed by atoms with Crippen molar-refractivity contribution in [2.24, 2.45) is 0 Å². The maximum absolute atomic E-state index is 12.1. The maximum atomic E-state index is 12.1. The minimum Gasteiger partial charge on any atom is -0.506 e. The first-order valence-electron chi connectivity index (χ1n) is 5.29. The molecule has 0 saturated carbocycles. The third-order valence-electron chi connectivity index (χ3n) is 2.39. The average molecular weight is 264 g/mol. The molecule has 2 aromatic rings. The molecule has 0 aliphatic carbocycles. The van der Waals surface area contributed by atoms with E-state index in [1.807, 2.05) is 0 Å². The van der Waals surface area contributed by atoms with Crippen molar-refractivity contribution in [3.63, 3.8) is 0 Å². The second kappa shape index (κ2) is 4.70. The molecule has 0 radical (unpaired) electrons. The molecule has 0 aliphatic rings. The summed E-state index contributed by atoms with van der Waals surface area (Å²) < 4.78 is 29.1. The standard InChI is InChI=1S/C13H12O4S/c1-10-6-5-9-12(14)13(10)18(15,16)17-11-7-3-2-4-8-11/h2-9,14H,1H3. The van der Waals surface area contributed by atoms with Gasteiger partial charge in [0.25, 0.3) is 0 Å². The van der Waals surface area contributed by atoms with Crippen molar-refractivity contribution >= 4 is 10.1 Å².